The van der Waals surface area contributed by atoms with Crippen molar-refractivity contribution in [2.75, 3.05) is 12.4 Å². The summed E-state index contributed by atoms with van der Waals surface area (Å²) in [7, 11) is 3.84. The van der Waals surface area contributed by atoms with Crippen LogP contribution in [0.25, 0.3) is 11.1 Å². The average molecular weight is 485 g/mol. The van der Waals surface area contributed by atoms with Gasteiger partial charge in [-0.3, -0.25) is 14.1 Å². The zero-order chi connectivity index (χ0) is 24.2. The highest BCUT2D eigenvalue weighted by Gasteiger charge is 2.33. The summed E-state index contributed by atoms with van der Waals surface area (Å²) in [4.78, 5) is 14.3. The number of aromatic nitrogens is 3. The lowest BCUT2D eigenvalue weighted by molar-refractivity contribution is -0.539. The van der Waals surface area contributed by atoms with Gasteiger partial charge in [0.2, 0.25) is 6.41 Å². The number of guanidine groups is 1. The second-order valence-electron chi connectivity index (χ2n) is 8.71. The summed E-state index contributed by atoms with van der Waals surface area (Å²) in [6.45, 7) is 4.10. The van der Waals surface area contributed by atoms with E-state index in [1.807, 2.05) is 56.1 Å². The normalized spacial score (nSPS) is 18.6. The van der Waals surface area contributed by atoms with Crippen molar-refractivity contribution >= 4 is 41.1 Å². The number of para-hydroxylation sites is 2. The maximum Gasteiger partial charge on any atom is 0.365 e. The minimum absolute atomic E-state index is 0.0863. The van der Waals surface area contributed by atoms with Gasteiger partial charge >= 0.3 is 12.0 Å². The quantitative estimate of drug-likeness (QED) is 0.383. The van der Waals surface area contributed by atoms with E-state index in [1.165, 1.54) is 25.7 Å². The SMILES string of the molecule is CC1=C(C)C(c2nn(C)cc2Cl)[N+](C)=C(Nc2nc3ccccc3o2)N1.O=CNC1CCCC1. The third-order valence-electron chi connectivity index (χ3n) is 6.30. The second kappa shape index (κ2) is 10.3. The molecule has 1 aromatic carbocycles. The number of carbonyl (C=O) groups excluding carboxylic acids is 1. The van der Waals surface area contributed by atoms with E-state index >= 15 is 0 Å². The fraction of sp³-hybridized carbons (Fsp3) is 0.417. The Kier molecular flexibility index (Phi) is 7.21. The van der Waals surface area contributed by atoms with Crippen LogP contribution < -0.4 is 16.0 Å². The highest BCUT2D eigenvalue weighted by Crippen LogP contribution is 2.32. The number of hydrogen-bond acceptors (Lipinski definition) is 6. The summed E-state index contributed by atoms with van der Waals surface area (Å²) in [5, 5.41) is 14.6. The van der Waals surface area contributed by atoms with Gasteiger partial charge in [-0.15, -0.1) is 0 Å². The zero-order valence-electron chi connectivity index (χ0n) is 19.9. The molecular formula is C24H31ClN7O2+. The topological polar surface area (TPSA) is 100 Å². The van der Waals surface area contributed by atoms with Crippen LogP contribution in [-0.4, -0.2) is 44.8 Å². The van der Waals surface area contributed by atoms with Gasteiger partial charge < -0.3 is 9.73 Å². The standard InChI is InChI=1S/C18H19ClN6O.C6H11NO/c1-10-11(2)20-17(22-18-21-13-7-5-6-8-14(13)26-18)25(4)16(10)15-12(19)9-24(3)23-15;8-5-7-6-3-1-2-4-6/h5-9,16H,1-4H3,(H,20,21,22);5-6H,1-4H2,(H,7,8)/p+1. The van der Waals surface area contributed by atoms with E-state index < -0.39 is 0 Å². The Morgan fingerprint density at radius 3 is 2.65 bits per heavy atom. The molecule has 9 nitrogen and oxygen atoms in total. The molecule has 1 amide bonds. The molecule has 1 aliphatic carbocycles. The number of rotatable bonds is 4. The summed E-state index contributed by atoms with van der Waals surface area (Å²) in [6, 6.07) is 8.50. The molecule has 5 rings (SSSR count). The first kappa shape index (κ1) is 23.8. The van der Waals surface area contributed by atoms with Crippen molar-refractivity contribution in [1.29, 1.82) is 0 Å². The number of fused-ring (bicyclic) bond motifs is 1. The smallest absolute Gasteiger partial charge is 0.365 e. The summed E-state index contributed by atoms with van der Waals surface area (Å²) in [5.74, 6) is 0.756. The van der Waals surface area contributed by atoms with Gasteiger partial charge in [0.15, 0.2) is 5.58 Å². The van der Waals surface area contributed by atoms with Gasteiger partial charge in [-0.25, -0.2) is 5.32 Å². The van der Waals surface area contributed by atoms with Crippen molar-refractivity contribution in [3.63, 3.8) is 0 Å². The van der Waals surface area contributed by atoms with Crippen LogP contribution in [0.5, 0.6) is 0 Å². The van der Waals surface area contributed by atoms with Crippen LogP contribution >= 0.6 is 11.6 Å². The molecule has 1 aliphatic heterocycles. The zero-order valence-corrected chi connectivity index (χ0v) is 20.7. The number of aryl methyl sites for hydroxylation is 1. The van der Waals surface area contributed by atoms with Gasteiger partial charge in [-0.05, 0) is 38.8 Å². The molecule has 0 spiro atoms. The molecule has 1 fully saturated rings. The maximum atomic E-state index is 9.85. The second-order valence-corrected chi connectivity index (χ2v) is 9.12. The van der Waals surface area contributed by atoms with E-state index in [0.29, 0.717) is 17.1 Å². The van der Waals surface area contributed by atoms with Crippen molar-refractivity contribution in [3.8, 4) is 0 Å². The predicted octanol–water partition coefficient (Wildman–Crippen LogP) is 3.94. The van der Waals surface area contributed by atoms with Crippen LogP contribution in [0.2, 0.25) is 5.02 Å². The Hall–Kier alpha value is -3.33. The molecular weight excluding hydrogens is 454 g/mol. The molecule has 1 unspecified atom stereocenters. The first-order chi connectivity index (χ1) is 16.4. The van der Waals surface area contributed by atoms with Crippen LogP contribution in [0.3, 0.4) is 0 Å². The highest BCUT2D eigenvalue weighted by atomic mass is 35.5. The third kappa shape index (κ3) is 5.09. The predicted molar refractivity (Wildman–Crippen MR) is 133 cm³/mol. The van der Waals surface area contributed by atoms with Gasteiger partial charge in [0.1, 0.15) is 17.3 Å². The van der Waals surface area contributed by atoms with Crippen LogP contribution in [-0.2, 0) is 11.8 Å². The summed E-state index contributed by atoms with van der Waals surface area (Å²) < 4.78 is 9.55. The molecule has 2 aromatic heterocycles. The molecule has 0 radical (unpaired) electrons. The van der Waals surface area contributed by atoms with E-state index in [0.717, 1.165) is 40.4 Å². The van der Waals surface area contributed by atoms with E-state index in [1.54, 1.807) is 4.68 Å². The number of likely N-dealkylation sites (N-methyl/N-ethyl adjacent to an activating group) is 1. The molecule has 34 heavy (non-hydrogen) atoms. The first-order valence-corrected chi connectivity index (χ1v) is 11.8. The highest BCUT2D eigenvalue weighted by molar-refractivity contribution is 6.31. The number of nitrogens with zero attached hydrogens (tertiary/aromatic N) is 4. The van der Waals surface area contributed by atoms with Gasteiger partial charge in [-0.2, -0.15) is 15.4 Å². The van der Waals surface area contributed by atoms with Crippen molar-refractivity contribution in [1.82, 2.24) is 25.4 Å². The number of allylic oxidation sites excluding steroid dienone is 1. The minimum atomic E-state index is -0.0863. The number of nitrogens with one attached hydrogen (secondary N) is 3. The van der Waals surface area contributed by atoms with Crippen molar-refractivity contribution in [3.05, 3.63) is 52.4 Å². The number of benzene rings is 1. The largest absolute Gasteiger partial charge is 0.412 e. The van der Waals surface area contributed by atoms with Gasteiger partial charge in [-0.1, -0.05) is 36.6 Å². The average Bonchev–Trinajstić information content (AvgIpc) is 3.53. The summed E-state index contributed by atoms with van der Waals surface area (Å²) >= 11 is 6.40. The molecule has 180 valence electrons. The number of oxazole rings is 1. The molecule has 1 saturated carbocycles. The molecule has 3 aromatic rings. The molecule has 0 bridgehead atoms. The minimum Gasteiger partial charge on any atom is -0.412 e. The van der Waals surface area contributed by atoms with Crippen LogP contribution in [0.4, 0.5) is 6.01 Å². The lowest BCUT2D eigenvalue weighted by atomic mass is 10.0. The first-order valence-electron chi connectivity index (χ1n) is 11.4. The molecule has 2 aliphatic rings. The van der Waals surface area contributed by atoms with Crippen LogP contribution in [0.1, 0.15) is 51.3 Å². The third-order valence-corrected chi connectivity index (χ3v) is 6.59. The number of halogens is 1. The lowest BCUT2D eigenvalue weighted by Crippen LogP contribution is -2.43. The van der Waals surface area contributed by atoms with E-state index in [4.69, 9.17) is 16.0 Å². The molecule has 3 heterocycles. The van der Waals surface area contributed by atoms with Crippen molar-refractivity contribution in [2.45, 2.75) is 51.6 Å². The van der Waals surface area contributed by atoms with E-state index in [-0.39, 0.29) is 6.04 Å². The summed E-state index contributed by atoms with van der Waals surface area (Å²) in [5.41, 5.74) is 4.54. The summed E-state index contributed by atoms with van der Waals surface area (Å²) in [6.07, 6.45) is 7.54. The number of hydrogen-bond donors (Lipinski definition) is 3. The molecule has 0 saturated heterocycles. The van der Waals surface area contributed by atoms with Crippen LogP contribution in [0, 0.1) is 0 Å². The monoisotopic (exact) mass is 484 g/mol. The fourth-order valence-electron chi connectivity index (χ4n) is 4.37. The Morgan fingerprint density at radius 2 is 2.00 bits per heavy atom. The molecule has 10 heteroatoms. The van der Waals surface area contributed by atoms with Gasteiger partial charge in [0.05, 0.1) is 17.8 Å². The Morgan fingerprint density at radius 1 is 1.26 bits per heavy atom. The van der Waals surface area contributed by atoms with Gasteiger partial charge in [0, 0.05) is 24.9 Å². The lowest BCUT2D eigenvalue weighted by Gasteiger charge is -2.25. The van der Waals surface area contributed by atoms with Gasteiger partial charge in [0.25, 0.3) is 0 Å². The maximum absolute atomic E-state index is 9.85. The Labute approximate surface area is 203 Å². The van der Waals surface area contributed by atoms with Crippen molar-refractivity contribution in [2.24, 2.45) is 7.05 Å². The van der Waals surface area contributed by atoms with E-state index in [2.05, 4.69) is 33.0 Å². The van der Waals surface area contributed by atoms with E-state index in [9.17, 15) is 4.79 Å². The number of carbonyl (C=O) groups is 1. The Balaban J connectivity index is 0.000000291. The van der Waals surface area contributed by atoms with Crippen molar-refractivity contribution < 1.29 is 13.8 Å². The number of anilines is 1. The molecule has 1 atom stereocenters. The fourth-order valence-corrected chi connectivity index (χ4v) is 4.66. The Bertz CT molecular complexity index is 1200. The number of amides is 1. The van der Waals surface area contributed by atoms with Crippen LogP contribution in [0.15, 0.2) is 46.1 Å². The molecule has 3 N–H and O–H groups in total.